The van der Waals surface area contributed by atoms with Gasteiger partial charge in [-0.3, -0.25) is 5.10 Å². The Kier molecular flexibility index (Phi) is 3.55. The number of benzene rings is 2. The van der Waals surface area contributed by atoms with Crippen LogP contribution in [0.3, 0.4) is 0 Å². The van der Waals surface area contributed by atoms with Gasteiger partial charge in [-0.05, 0) is 48.9 Å². The number of phenols is 2. The summed E-state index contributed by atoms with van der Waals surface area (Å²) >= 11 is 0. The third kappa shape index (κ3) is 2.43. The van der Waals surface area contributed by atoms with Crippen molar-refractivity contribution in [3.8, 4) is 40.0 Å². The summed E-state index contributed by atoms with van der Waals surface area (Å²) in [4.78, 5) is 4.57. The predicted molar refractivity (Wildman–Crippen MR) is 97.5 cm³/mol. The Balaban J connectivity index is 2.11. The van der Waals surface area contributed by atoms with Crippen LogP contribution in [0.5, 0.6) is 11.5 Å². The van der Waals surface area contributed by atoms with E-state index in [2.05, 4.69) is 21.3 Å². The monoisotopic (exact) mass is 342 g/mol. The molecule has 0 fully saturated rings. The van der Waals surface area contributed by atoms with Crippen LogP contribution in [0.15, 0.2) is 48.5 Å². The Morgan fingerprint density at radius 1 is 0.923 bits per heavy atom. The molecule has 0 radical (unpaired) electrons. The number of H-pyrrole nitrogens is 1. The molecule has 26 heavy (non-hydrogen) atoms. The summed E-state index contributed by atoms with van der Waals surface area (Å²) in [5.41, 5.74) is 4.44. The van der Waals surface area contributed by atoms with Crippen molar-refractivity contribution in [2.45, 2.75) is 6.92 Å². The number of aromatic amines is 1. The van der Waals surface area contributed by atoms with Crippen LogP contribution in [0.4, 0.5) is 0 Å². The van der Waals surface area contributed by atoms with Gasteiger partial charge in [0, 0.05) is 16.8 Å². The first-order chi connectivity index (χ1) is 12.6. The number of pyridine rings is 1. The molecule has 0 unspecified atom stereocenters. The Bertz CT molecular complexity index is 1150. The first-order valence-electron chi connectivity index (χ1n) is 7.96. The minimum absolute atomic E-state index is 0.141. The van der Waals surface area contributed by atoms with E-state index in [1.165, 1.54) is 0 Å². The van der Waals surface area contributed by atoms with Crippen molar-refractivity contribution in [1.29, 1.82) is 5.26 Å². The van der Waals surface area contributed by atoms with Crippen LogP contribution in [0, 0.1) is 18.3 Å². The van der Waals surface area contributed by atoms with Gasteiger partial charge in [0.1, 0.15) is 17.6 Å². The largest absolute Gasteiger partial charge is 0.508 e. The highest BCUT2D eigenvalue weighted by Gasteiger charge is 2.21. The summed E-state index contributed by atoms with van der Waals surface area (Å²) < 4.78 is 0. The standard InChI is InChI=1S/C20H14N4O2/c1-11-17-18(12-2-6-14(25)7-3-12)16(10-21)19(22-20(17)24-23-11)13-4-8-15(26)9-5-13/h2-9,25-26H,1H3,(H,22,23,24). The second-order valence-electron chi connectivity index (χ2n) is 5.96. The number of aromatic hydroxyl groups is 2. The molecular weight excluding hydrogens is 328 g/mol. The molecule has 0 amide bonds. The van der Waals surface area contributed by atoms with Crippen LogP contribution in [-0.4, -0.2) is 25.4 Å². The number of rotatable bonds is 2. The summed E-state index contributed by atoms with van der Waals surface area (Å²) in [6.07, 6.45) is 0. The molecule has 0 aliphatic heterocycles. The van der Waals surface area contributed by atoms with Crippen molar-refractivity contribution in [3.63, 3.8) is 0 Å². The van der Waals surface area contributed by atoms with Crippen molar-refractivity contribution < 1.29 is 10.2 Å². The average Bonchev–Trinajstić information content (AvgIpc) is 3.02. The lowest BCUT2D eigenvalue weighted by Gasteiger charge is -2.12. The zero-order chi connectivity index (χ0) is 18.3. The van der Waals surface area contributed by atoms with Crippen LogP contribution in [0.2, 0.25) is 0 Å². The second-order valence-corrected chi connectivity index (χ2v) is 5.96. The number of hydrogen-bond acceptors (Lipinski definition) is 5. The van der Waals surface area contributed by atoms with E-state index in [0.29, 0.717) is 28.0 Å². The average molecular weight is 342 g/mol. The number of phenolic OH excluding ortho intramolecular Hbond substituents is 2. The summed E-state index contributed by atoms with van der Waals surface area (Å²) in [6.45, 7) is 1.88. The molecule has 0 atom stereocenters. The molecule has 0 aliphatic rings. The first-order valence-corrected chi connectivity index (χ1v) is 7.96. The first kappa shape index (κ1) is 15.7. The van der Waals surface area contributed by atoms with E-state index in [4.69, 9.17) is 0 Å². The Hall–Kier alpha value is -3.85. The van der Waals surface area contributed by atoms with Crippen LogP contribution in [0.25, 0.3) is 33.4 Å². The quantitative estimate of drug-likeness (QED) is 0.512. The summed E-state index contributed by atoms with van der Waals surface area (Å²) in [5.74, 6) is 0.294. The number of hydrogen-bond donors (Lipinski definition) is 3. The van der Waals surface area contributed by atoms with E-state index in [0.717, 1.165) is 16.6 Å². The van der Waals surface area contributed by atoms with E-state index in [1.54, 1.807) is 48.5 Å². The molecule has 6 heteroatoms. The molecule has 0 saturated heterocycles. The lowest BCUT2D eigenvalue weighted by Crippen LogP contribution is -1.96. The van der Waals surface area contributed by atoms with E-state index >= 15 is 0 Å². The summed E-state index contributed by atoms with van der Waals surface area (Å²) in [7, 11) is 0. The fraction of sp³-hybridized carbons (Fsp3) is 0.0500. The second kappa shape index (κ2) is 5.90. The van der Waals surface area contributed by atoms with Gasteiger partial charge in [-0.1, -0.05) is 12.1 Å². The van der Waals surface area contributed by atoms with Crippen molar-refractivity contribution in [2.75, 3.05) is 0 Å². The number of aromatic nitrogens is 3. The summed E-state index contributed by atoms with van der Waals surface area (Å²) in [6, 6.07) is 15.5. The van der Waals surface area contributed by atoms with Gasteiger partial charge in [0.2, 0.25) is 0 Å². The van der Waals surface area contributed by atoms with Gasteiger partial charge >= 0.3 is 0 Å². The number of nitriles is 1. The molecule has 4 aromatic rings. The smallest absolute Gasteiger partial charge is 0.182 e. The van der Waals surface area contributed by atoms with Crippen LogP contribution in [-0.2, 0) is 0 Å². The van der Waals surface area contributed by atoms with Gasteiger partial charge < -0.3 is 10.2 Å². The molecule has 0 bridgehead atoms. The Morgan fingerprint density at radius 3 is 2.08 bits per heavy atom. The van der Waals surface area contributed by atoms with Gasteiger partial charge in [-0.15, -0.1) is 0 Å². The fourth-order valence-electron chi connectivity index (χ4n) is 3.06. The zero-order valence-corrected chi connectivity index (χ0v) is 13.9. The minimum Gasteiger partial charge on any atom is -0.508 e. The van der Waals surface area contributed by atoms with Gasteiger partial charge in [0.05, 0.1) is 16.6 Å². The zero-order valence-electron chi connectivity index (χ0n) is 13.9. The third-order valence-electron chi connectivity index (χ3n) is 4.29. The highest BCUT2D eigenvalue weighted by molar-refractivity contribution is 6.00. The maximum Gasteiger partial charge on any atom is 0.182 e. The normalized spacial score (nSPS) is 10.8. The number of nitrogens with zero attached hydrogens (tertiary/aromatic N) is 3. The lowest BCUT2D eigenvalue weighted by atomic mass is 9.93. The molecule has 2 heterocycles. The van der Waals surface area contributed by atoms with E-state index in [9.17, 15) is 15.5 Å². The van der Waals surface area contributed by atoms with Crippen LogP contribution >= 0.6 is 0 Å². The van der Waals surface area contributed by atoms with Crippen LogP contribution < -0.4 is 0 Å². The SMILES string of the molecule is Cc1[nH]nc2nc(-c3ccc(O)cc3)c(C#N)c(-c3ccc(O)cc3)c12. The summed E-state index contributed by atoms with van der Waals surface area (Å²) in [5, 5.41) is 37.0. The Labute approximate surface area is 149 Å². The van der Waals surface area contributed by atoms with Crippen LogP contribution in [0.1, 0.15) is 11.3 Å². The van der Waals surface area contributed by atoms with Crippen molar-refractivity contribution in [1.82, 2.24) is 15.2 Å². The predicted octanol–water partition coefficient (Wildman–Crippen LogP) is 3.88. The van der Waals surface area contributed by atoms with E-state index < -0.39 is 0 Å². The van der Waals surface area contributed by atoms with Crippen molar-refractivity contribution in [3.05, 3.63) is 59.8 Å². The minimum atomic E-state index is 0.141. The Morgan fingerprint density at radius 2 is 1.50 bits per heavy atom. The number of aryl methyl sites for hydroxylation is 1. The fourth-order valence-corrected chi connectivity index (χ4v) is 3.06. The molecule has 2 aromatic heterocycles. The maximum atomic E-state index is 9.90. The third-order valence-corrected chi connectivity index (χ3v) is 4.29. The number of nitrogens with one attached hydrogen (secondary N) is 1. The molecule has 0 saturated carbocycles. The number of fused-ring (bicyclic) bond motifs is 1. The van der Waals surface area contributed by atoms with Gasteiger partial charge in [-0.25, -0.2) is 4.98 Å². The molecule has 6 nitrogen and oxygen atoms in total. The van der Waals surface area contributed by atoms with Crippen molar-refractivity contribution >= 4 is 11.0 Å². The molecule has 2 aromatic carbocycles. The van der Waals surface area contributed by atoms with Gasteiger partial charge in [-0.2, -0.15) is 10.4 Å². The molecular formula is C20H14N4O2. The van der Waals surface area contributed by atoms with Gasteiger partial charge in [0.15, 0.2) is 5.65 Å². The lowest BCUT2D eigenvalue weighted by molar-refractivity contribution is 0.475. The molecule has 4 rings (SSSR count). The highest BCUT2D eigenvalue weighted by atomic mass is 16.3. The van der Waals surface area contributed by atoms with E-state index in [1.807, 2.05) is 6.92 Å². The molecule has 0 aliphatic carbocycles. The van der Waals surface area contributed by atoms with Crippen molar-refractivity contribution in [2.24, 2.45) is 0 Å². The highest BCUT2D eigenvalue weighted by Crippen LogP contribution is 2.38. The molecule has 126 valence electrons. The topological polar surface area (TPSA) is 106 Å². The molecule has 0 spiro atoms. The maximum absolute atomic E-state index is 9.90. The molecule has 3 N–H and O–H groups in total. The van der Waals surface area contributed by atoms with E-state index in [-0.39, 0.29) is 11.5 Å². The van der Waals surface area contributed by atoms with Gasteiger partial charge in [0.25, 0.3) is 0 Å².